The summed E-state index contributed by atoms with van der Waals surface area (Å²) >= 11 is 0. The number of carbonyl (C=O) groups is 1. The summed E-state index contributed by atoms with van der Waals surface area (Å²) in [4.78, 5) is 10.9. The SMILES string of the molecule is CNC(C=O)c1cc(OC)c(OC)cc1C. The molecule has 1 aromatic carbocycles. The Morgan fingerprint density at radius 2 is 1.81 bits per heavy atom. The van der Waals surface area contributed by atoms with Gasteiger partial charge in [0.2, 0.25) is 0 Å². The first-order valence-corrected chi connectivity index (χ1v) is 5.03. The number of hydrogen-bond acceptors (Lipinski definition) is 4. The Morgan fingerprint density at radius 1 is 1.25 bits per heavy atom. The van der Waals surface area contributed by atoms with Gasteiger partial charge in [0.25, 0.3) is 0 Å². The molecule has 0 aliphatic heterocycles. The van der Waals surface area contributed by atoms with Gasteiger partial charge in [0, 0.05) is 0 Å². The molecule has 0 amide bonds. The van der Waals surface area contributed by atoms with Crippen LogP contribution in [-0.2, 0) is 4.79 Å². The van der Waals surface area contributed by atoms with E-state index in [2.05, 4.69) is 5.32 Å². The van der Waals surface area contributed by atoms with Gasteiger partial charge in [-0.15, -0.1) is 0 Å². The standard InChI is InChI=1S/C12H17NO3/c1-8-5-11(15-3)12(16-4)6-9(8)10(7-14)13-2/h5-7,10,13H,1-4H3. The predicted octanol–water partition coefficient (Wildman–Crippen LogP) is 1.47. The van der Waals surface area contributed by atoms with Crippen LogP contribution in [-0.4, -0.2) is 27.6 Å². The van der Waals surface area contributed by atoms with Crippen molar-refractivity contribution in [3.05, 3.63) is 23.3 Å². The Hall–Kier alpha value is -1.55. The van der Waals surface area contributed by atoms with Crippen molar-refractivity contribution in [1.29, 1.82) is 0 Å². The third-order valence-corrected chi connectivity index (χ3v) is 2.55. The van der Waals surface area contributed by atoms with E-state index in [1.165, 1.54) is 0 Å². The van der Waals surface area contributed by atoms with E-state index in [4.69, 9.17) is 9.47 Å². The summed E-state index contributed by atoms with van der Waals surface area (Å²) < 4.78 is 10.4. The van der Waals surface area contributed by atoms with E-state index in [1.807, 2.05) is 19.1 Å². The zero-order valence-corrected chi connectivity index (χ0v) is 10.0. The van der Waals surface area contributed by atoms with Crippen LogP contribution in [0.3, 0.4) is 0 Å². The molecule has 0 saturated carbocycles. The molecule has 0 aliphatic carbocycles. The molecule has 0 spiro atoms. The molecule has 16 heavy (non-hydrogen) atoms. The van der Waals surface area contributed by atoms with Crippen LogP contribution in [0.5, 0.6) is 11.5 Å². The predicted molar refractivity (Wildman–Crippen MR) is 62.1 cm³/mol. The number of carbonyl (C=O) groups excluding carboxylic acids is 1. The summed E-state index contributed by atoms with van der Waals surface area (Å²) in [6, 6.07) is 3.37. The first-order chi connectivity index (χ1) is 7.67. The lowest BCUT2D eigenvalue weighted by Crippen LogP contribution is -2.18. The molecule has 1 aromatic rings. The van der Waals surface area contributed by atoms with Gasteiger partial charge in [0.15, 0.2) is 11.5 Å². The molecule has 0 aromatic heterocycles. The van der Waals surface area contributed by atoms with E-state index in [-0.39, 0.29) is 6.04 Å². The molecule has 0 heterocycles. The van der Waals surface area contributed by atoms with Gasteiger partial charge in [-0.3, -0.25) is 0 Å². The number of aryl methyl sites for hydroxylation is 1. The highest BCUT2D eigenvalue weighted by Gasteiger charge is 2.14. The summed E-state index contributed by atoms with van der Waals surface area (Å²) in [5.74, 6) is 1.30. The van der Waals surface area contributed by atoms with Crippen molar-refractivity contribution >= 4 is 6.29 Å². The normalized spacial score (nSPS) is 12.0. The molecule has 0 bridgehead atoms. The number of methoxy groups -OCH3 is 2. The van der Waals surface area contributed by atoms with Crippen molar-refractivity contribution in [1.82, 2.24) is 5.32 Å². The van der Waals surface area contributed by atoms with Crippen LogP contribution in [0.25, 0.3) is 0 Å². The average molecular weight is 223 g/mol. The van der Waals surface area contributed by atoms with Crippen molar-refractivity contribution in [2.75, 3.05) is 21.3 Å². The minimum absolute atomic E-state index is 0.320. The highest BCUT2D eigenvalue weighted by Crippen LogP contribution is 2.32. The molecular formula is C12H17NO3. The molecule has 1 N–H and O–H groups in total. The second-order valence-corrected chi connectivity index (χ2v) is 3.47. The Bertz CT molecular complexity index is 377. The van der Waals surface area contributed by atoms with E-state index in [0.717, 1.165) is 17.4 Å². The molecule has 1 rings (SSSR count). The molecule has 0 saturated heterocycles. The van der Waals surface area contributed by atoms with Gasteiger partial charge in [-0.25, -0.2) is 0 Å². The van der Waals surface area contributed by atoms with E-state index in [0.29, 0.717) is 11.5 Å². The topological polar surface area (TPSA) is 47.6 Å². The molecule has 0 radical (unpaired) electrons. The smallest absolute Gasteiger partial charge is 0.161 e. The van der Waals surface area contributed by atoms with Crippen LogP contribution in [0.2, 0.25) is 0 Å². The van der Waals surface area contributed by atoms with Gasteiger partial charge in [0.05, 0.1) is 20.3 Å². The molecule has 0 aliphatic rings. The summed E-state index contributed by atoms with van der Waals surface area (Å²) in [6.07, 6.45) is 0.869. The Morgan fingerprint density at radius 3 is 2.25 bits per heavy atom. The maximum atomic E-state index is 10.9. The highest BCUT2D eigenvalue weighted by atomic mass is 16.5. The fourth-order valence-electron chi connectivity index (χ4n) is 1.63. The first-order valence-electron chi connectivity index (χ1n) is 5.03. The van der Waals surface area contributed by atoms with E-state index >= 15 is 0 Å². The van der Waals surface area contributed by atoms with Gasteiger partial charge < -0.3 is 19.6 Å². The van der Waals surface area contributed by atoms with Gasteiger partial charge in [-0.2, -0.15) is 0 Å². The second kappa shape index (κ2) is 5.51. The van der Waals surface area contributed by atoms with Crippen molar-refractivity contribution in [2.24, 2.45) is 0 Å². The van der Waals surface area contributed by atoms with Crippen LogP contribution < -0.4 is 14.8 Å². The molecular weight excluding hydrogens is 206 g/mol. The summed E-state index contributed by atoms with van der Waals surface area (Å²) in [7, 11) is 4.91. The van der Waals surface area contributed by atoms with Crippen molar-refractivity contribution in [3.8, 4) is 11.5 Å². The summed E-state index contributed by atoms with van der Waals surface area (Å²) in [5.41, 5.74) is 1.89. The van der Waals surface area contributed by atoms with E-state index < -0.39 is 0 Å². The average Bonchev–Trinajstić information content (AvgIpc) is 2.32. The van der Waals surface area contributed by atoms with E-state index in [1.54, 1.807) is 21.3 Å². The number of ether oxygens (including phenoxy) is 2. The molecule has 1 atom stereocenters. The lowest BCUT2D eigenvalue weighted by atomic mass is 10.0. The van der Waals surface area contributed by atoms with Gasteiger partial charge >= 0.3 is 0 Å². The lowest BCUT2D eigenvalue weighted by Gasteiger charge is -2.16. The van der Waals surface area contributed by atoms with Gasteiger partial charge in [-0.1, -0.05) is 0 Å². The number of nitrogens with one attached hydrogen (secondary N) is 1. The Labute approximate surface area is 95.6 Å². The number of likely N-dealkylation sites (N-methyl/N-ethyl adjacent to an activating group) is 1. The molecule has 1 unspecified atom stereocenters. The highest BCUT2D eigenvalue weighted by molar-refractivity contribution is 5.64. The molecule has 4 nitrogen and oxygen atoms in total. The third kappa shape index (κ3) is 2.33. The Balaban J connectivity index is 3.25. The third-order valence-electron chi connectivity index (χ3n) is 2.55. The summed E-state index contributed by atoms with van der Waals surface area (Å²) in [5, 5.41) is 2.93. The largest absolute Gasteiger partial charge is 0.493 e. The van der Waals surface area contributed by atoms with Crippen LogP contribution in [0.15, 0.2) is 12.1 Å². The number of benzene rings is 1. The molecule has 4 heteroatoms. The zero-order chi connectivity index (χ0) is 12.1. The minimum Gasteiger partial charge on any atom is -0.493 e. The van der Waals surface area contributed by atoms with Gasteiger partial charge in [-0.05, 0) is 37.2 Å². The minimum atomic E-state index is -0.320. The van der Waals surface area contributed by atoms with Crippen molar-refractivity contribution in [2.45, 2.75) is 13.0 Å². The van der Waals surface area contributed by atoms with E-state index in [9.17, 15) is 4.79 Å². The van der Waals surface area contributed by atoms with Crippen molar-refractivity contribution < 1.29 is 14.3 Å². The number of hydrogen-bond donors (Lipinski definition) is 1. The fourth-order valence-corrected chi connectivity index (χ4v) is 1.63. The fraction of sp³-hybridized carbons (Fsp3) is 0.417. The van der Waals surface area contributed by atoms with Crippen molar-refractivity contribution in [3.63, 3.8) is 0 Å². The Kier molecular flexibility index (Phi) is 4.31. The van der Waals surface area contributed by atoms with Crippen LogP contribution in [0.1, 0.15) is 17.2 Å². The summed E-state index contributed by atoms with van der Waals surface area (Å²) in [6.45, 7) is 1.94. The van der Waals surface area contributed by atoms with Crippen LogP contribution in [0.4, 0.5) is 0 Å². The van der Waals surface area contributed by atoms with Crippen LogP contribution >= 0.6 is 0 Å². The maximum Gasteiger partial charge on any atom is 0.161 e. The monoisotopic (exact) mass is 223 g/mol. The number of rotatable bonds is 5. The lowest BCUT2D eigenvalue weighted by molar-refractivity contribution is -0.109. The van der Waals surface area contributed by atoms with Crippen LogP contribution in [0, 0.1) is 6.92 Å². The molecule has 88 valence electrons. The first kappa shape index (κ1) is 12.5. The molecule has 0 fully saturated rings. The zero-order valence-electron chi connectivity index (χ0n) is 10.0. The second-order valence-electron chi connectivity index (χ2n) is 3.47. The van der Waals surface area contributed by atoms with Gasteiger partial charge in [0.1, 0.15) is 6.29 Å². The maximum absolute atomic E-state index is 10.9. The quantitative estimate of drug-likeness (QED) is 0.768. The number of aldehydes is 1.